The van der Waals surface area contributed by atoms with Gasteiger partial charge in [-0.3, -0.25) is 0 Å². The second-order valence-corrected chi connectivity index (χ2v) is 5.70. The topological polar surface area (TPSA) is 26.1 Å². The molecule has 0 spiro atoms. The lowest BCUT2D eigenvalue weighted by molar-refractivity contribution is -0.504. The van der Waals surface area contributed by atoms with E-state index in [0.717, 1.165) is 29.7 Å². The first-order chi connectivity index (χ1) is 10.4. The minimum atomic E-state index is 0.120. The van der Waals surface area contributed by atoms with E-state index in [1.807, 2.05) is 60.7 Å². The van der Waals surface area contributed by atoms with Crippen LogP contribution in [0.4, 0.5) is 0 Å². The minimum Gasteiger partial charge on any atom is -0.623 e. The molecule has 0 aromatic heterocycles. The van der Waals surface area contributed by atoms with Gasteiger partial charge in [0.15, 0.2) is 6.04 Å². The third-order valence-electron chi connectivity index (χ3n) is 4.22. The van der Waals surface area contributed by atoms with Gasteiger partial charge >= 0.3 is 0 Å². The number of hydrogen-bond acceptors (Lipinski definition) is 1. The Balaban J connectivity index is 2.07. The quantitative estimate of drug-likeness (QED) is 0.354. The van der Waals surface area contributed by atoms with Crippen molar-refractivity contribution in [3.8, 4) is 0 Å². The highest BCUT2D eigenvalue weighted by molar-refractivity contribution is 6.09. The van der Waals surface area contributed by atoms with E-state index in [0.29, 0.717) is 0 Å². The molecular formula is C19H21NO. The number of nitrogens with zero attached hydrogens (tertiary/aromatic N) is 1. The lowest BCUT2D eigenvalue weighted by atomic mass is 9.94. The molecule has 0 atom stereocenters. The van der Waals surface area contributed by atoms with Gasteiger partial charge in [-0.05, 0) is 37.1 Å². The van der Waals surface area contributed by atoms with Crippen LogP contribution >= 0.6 is 0 Å². The van der Waals surface area contributed by atoms with Crippen molar-refractivity contribution in [2.45, 2.75) is 38.1 Å². The normalized spacial score (nSPS) is 15.6. The lowest BCUT2D eigenvalue weighted by Gasteiger charge is -2.23. The van der Waals surface area contributed by atoms with Gasteiger partial charge in [0, 0.05) is 24.0 Å². The molecule has 0 aliphatic heterocycles. The summed E-state index contributed by atoms with van der Waals surface area (Å²) in [4.78, 5) is 0. The van der Waals surface area contributed by atoms with E-state index in [4.69, 9.17) is 0 Å². The van der Waals surface area contributed by atoms with Gasteiger partial charge in [0.1, 0.15) is 0 Å². The molecule has 1 fully saturated rings. The fourth-order valence-corrected chi connectivity index (χ4v) is 3.11. The smallest absolute Gasteiger partial charge is 0.225 e. The number of rotatable bonds is 3. The molecule has 2 nitrogen and oxygen atoms in total. The molecule has 1 aliphatic rings. The summed E-state index contributed by atoms with van der Waals surface area (Å²) in [6, 6.07) is 20.2. The van der Waals surface area contributed by atoms with Crippen LogP contribution in [-0.2, 0) is 0 Å². The molecule has 2 aromatic rings. The molecule has 1 aliphatic carbocycles. The summed E-state index contributed by atoms with van der Waals surface area (Å²) in [5.74, 6) is 0. The van der Waals surface area contributed by atoms with Crippen LogP contribution in [0.3, 0.4) is 0 Å². The largest absolute Gasteiger partial charge is 0.623 e. The zero-order chi connectivity index (χ0) is 14.5. The average Bonchev–Trinajstić information content (AvgIpc) is 2.58. The monoisotopic (exact) mass is 279 g/mol. The summed E-state index contributed by atoms with van der Waals surface area (Å²) >= 11 is 0. The third-order valence-corrected chi connectivity index (χ3v) is 4.22. The minimum absolute atomic E-state index is 0.120. The Labute approximate surface area is 126 Å². The summed E-state index contributed by atoms with van der Waals surface area (Å²) in [5, 5.41) is 13.0. The van der Waals surface area contributed by atoms with Crippen LogP contribution < -0.4 is 0 Å². The van der Waals surface area contributed by atoms with E-state index in [2.05, 4.69) is 0 Å². The standard InChI is InChI=1S/C19H21NO/c21-20(18-14-8-3-9-15-18)19(16-10-4-1-5-11-16)17-12-6-2-7-13-17/h1-2,4-7,10-13,18H,3,8-9,14-15H2. The number of hydrogen-bond donors (Lipinski definition) is 0. The molecule has 1 saturated carbocycles. The Kier molecular flexibility index (Phi) is 4.34. The highest BCUT2D eigenvalue weighted by Crippen LogP contribution is 2.22. The highest BCUT2D eigenvalue weighted by atomic mass is 16.5. The maximum absolute atomic E-state index is 13.0. The number of benzene rings is 2. The lowest BCUT2D eigenvalue weighted by Crippen LogP contribution is -2.30. The maximum atomic E-state index is 13.0. The molecule has 0 bridgehead atoms. The van der Waals surface area contributed by atoms with Gasteiger partial charge in [0.2, 0.25) is 5.71 Å². The molecule has 2 aromatic carbocycles. The first-order valence-electron chi connectivity index (χ1n) is 7.80. The van der Waals surface area contributed by atoms with Gasteiger partial charge in [0.25, 0.3) is 0 Å². The SMILES string of the molecule is [O-][N+](=C(c1ccccc1)c1ccccc1)C1CCCCC1. The molecule has 0 saturated heterocycles. The summed E-state index contributed by atoms with van der Waals surface area (Å²) in [6.07, 6.45) is 5.61. The first kappa shape index (κ1) is 13.9. The molecule has 0 N–H and O–H groups in total. The van der Waals surface area contributed by atoms with Crippen molar-refractivity contribution in [3.05, 3.63) is 77.0 Å². The van der Waals surface area contributed by atoms with Crippen LogP contribution in [0.1, 0.15) is 43.2 Å². The van der Waals surface area contributed by atoms with E-state index in [-0.39, 0.29) is 6.04 Å². The Hall–Kier alpha value is -2.09. The Morgan fingerprint density at radius 2 is 1.24 bits per heavy atom. The molecule has 21 heavy (non-hydrogen) atoms. The van der Waals surface area contributed by atoms with Crippen molar-refractivity contribution in [2.75, 3.05) is 0 Å². The van der Waals surface area contributed by atoms with Crippen LogP contribution in [0.15, 0.2) is 60.7 Å². The number of hydroxylamine groups is 1. The van der Waals surface area contributed by atoms with Crippen molar-refractivity contribution in [2.24, 2.45) is 0 Å². The van der Waals surface area contributed by atoms with E-state index in [1.165, 1.54) is 24.0 Å². The Morgan fingerprint density at radius 1 is 0.762 bits per heavy atom. The summed E-state index contributed by atoms with van der Waals surface area (Å²) < 4.78 is 1.27. The molecule has 0 unspecified atom stereocenters. The van der Waals surface area contributed by atoms with Gasteiger partial charge < -0.3 is 5.21 Å². The molecule has 0 amide bonds. The third kappa shape index (κ3) is 3.15. The first-order valence-corrected chi connectivity index (χ1v) is 7.80. The average molecular weight is 279 g/mol. The summed E-state index contributed by atoms with van der Waals surface area (Å²) in [6.45, 7) is 0. The van der Waals surface area contributed by atoms with Crippen molar-refractivity contribution in [3.63, 3.8) is 0 Å². The molecule has 2 heteroatoms. The predicted octanol–water partition coefficient (Wildman–Crippen LogP) is 4.37. The second-order valence-electron chi connectivity index (χ2n) is 5.70. The summed E-state index contributed by atoms with van der Waals surface area (Å²) in [5.41, 5.74) is 2.82. The maximum Gasteiger partial charge on any atom is 0.225 e. The molecular weight excluding hydrogens is 258 g/mol. The van der Waals surface area contributed by atoms with Gasteiger partial charge in [0.05, 0.1) is 0 Å². The molecule has 108 valence electrons. The second kappa shape index (κ2) is 6.57. The zero-order valence-electron chi connectivity index (χ0n) is 12.2. The van der Waals surface area contributed by atoms with E-state index in [9.17, 15) is 5.21 Å². The van der Waals surface area contributed by atoms with Gasteiger partial charge in [-0.15, -0.1) is 0 Å². The van der Waals surface area contributed by atoms with Crippen molar-refractivity contribution in [1.82, 2.24) is 0 Å². The zero-order valence-corrected chi connectivity index (χ0v) is 12.2. The van der Waals surface area contributed by atoms with Gasteiger partial charge in [-0.25, -0.2) is 4.74 Å². The fraction of sp³-hybridized carbons (Fsp3) is 0.316. The van der Waals surface area contributed by atoms with E-state index >= 15 is 0 Å². The van der Waals surface area contributed by atoms with Crippen LogP contribution in [0.25, 0.3) is 0 Å². The Morgan fingerprint density at radius 3 is 1.71 bits per heavy atom. The van der Waals surface area contributed by atoms with Crippen LogP contribution in [0, 0.1) is 5.21 Å². The van der Waals surface area contributed by atoms with Gasteiger partial charge in [-0.2, -0.15) is 0 Å². The molecule has 3 rings (SSSR count). The van der Waals surface area contributed by atoms with E-state index in [1.54, 1.807) is 0 Å². The summed E-state index contributed by atoms with van der Waals surface area (Å²) in [7, 11) is 0. The predicted molar refractivity (Wildman–Crippen MR) is 86.6 cm³/mol. The van der Waals surface area contributed by atoms with Crippen molar-refractivity contribution < 1.29 is 4.74 Å². The molecule has 0 heterocycles. The fourth-order valence-electron chi connectivity index (χ4n) is 3.11. The van der Waals surface area contributed by atoms with Gasteiger partial charge in [-0.1, -0.05) is 42.8 Å². The van der Waals surface area contributed by atoms with Crippen molar-refractivity contribution in [1.29, 1.82) is 0 Å². The van der Waals surface area contributed by atoms with Crippen LogP contribution in [0.2, 0.25) is 0 Å². The van der Waals surface area contributed by atoms with Crippen LogP contribution in [0.5, 0.6) is 0 Å². The Bertz CT molecular complexity index is 556. The van der Waals surface area contributed by atoms with Crippen molar-refractivity contribution >= 4 is 5.71 Å². The highest BCUT2D eigenvalue weighted by Gasteiger charge is 2.25. The molecule has 0 radical (unpaired) electrons. The van der Waals surface area contributed by atoms with E-state index < -0.39 is 0 Å². The van der Waals surface area contributed by atoms with Crippen LogP contribution in [-0.4, -0.2) is 16.5 Å².